The van der Waals surface area contributed by atoms with E-state index < -0.39 is 5.91 Å². The smallest absolute Gasteiger partial charge is 0.266 e. The van der Waals surface area contributed by atoms with Gasteiger partial charge >= 0.3 is 0 Å². The number of fused-ring (bicyclic) bond motifs is 1. The number of H-pyrrole nitrogens is 1. The molecule has 0 saturated heterocycles. The van der Waals surface area contributed by atoms with E-state index in [1.807, 2.05) is 36.5 Å². The Morgan fingerprint density at radius 1 is 1.17 bits per heavy atom. The topological polar surface area (TPSA) is 88.9 Å². The van der Waals surface area contributed by atoms with E-state index in [0.717, 1.165) is 16.5 Å². The van der Waals surface area contributed by atoms with Crippen molar-refractivity contribution < 1.29 is 9.90 Å². The lowest BCUT2D eigenvalue weighted by molar-refractivity contribution is -0.112. The molecule has 1 amide bonds. The average Bonchev–Trinajstić information content (AvgIpc) is 3.04. The Bertz CT molecular complexity index is 931. The fourth-order valence-corrected chi connectivity index (χ4v) is 2.28. The first-order chi connectivity index (χ1) is 11.2. The van der Waals surface area contributed by atoms with E-state index in [1.54, 1.807) is 18.2 Å². The van der Waals surface area contributed by atoms with Crippen molar-refractivity contribution in [3.05, 3.63) is 65.9 Å². The number of rotatable bonds is 3. The third kappa shape index (κ3) is 3.06. The molecular weight excluding hydrogens is 290 g/mol. The molecule has 0 aliphatic heterocycles. The number of amides is 1. The van der Waals surface area contributed by atoms with E-state index >= 15 is 0 Å². The van der Waals surface area contributed by atoms with Gasteiger partial charge in [-0.05, 0) is 48.0 Å². The van der Waals surface area contributed by atoms with Gasteiger partial charge in [0.15, 0.2) is 0 Å². The van der Waals surface area contributed by atoms with E-state index in [2.05, 4.69) is 10.3 Å². The van der Waals surface area contributed by atoms with Crippen molar-refractivity contribution in [2.45, 2.75) is 0 Å². The number of phenolic OH excluding ortho intramolecular Hbond substituents is 1. The molecule has 0 unspecified atom stereocenters. The largest absolute Gasteiger partial charge is 0.508 e. The quantitative estimate of drug-likeness (QED) is 0.393. The van der Waals surface area contributed by atoms with Crippen LogP contribution in [0.1, 0.15) is 5.56 Å². The summed E-state index contributed by atoms with van der Waals surface area (Å²) in [6.07, 6.45) is 3.37. The standard InChI is InChI=1S/C18H13N3O2/c19-11-13(18(23)21-14-4-6-15(22)7-5-14)10-12-2-1-3-17-16(12)8-9-20-17/h1-10,20,22H,(H,21,23)/b13-10+. The maximum Gasteiger partial charge on any atom is 0.266 e. The molecule has 2 aromatic carbocycles. The van der Waals surface area contributed by atoms with Gasteiger partial charge in [-0.25, -0.2) is 0 Å². The highest BCUT2D eigenvalue weighted by Crippen LogP contribution is 2.21. The van der Waals surface area contributed by atoms with Gasteiger partial charge in [0, 0.05) is 22.8 Å². The summed E-state index contributed by atoms with van der Waals surface area (Å²) in [5.41, 5.74) is 2.25. The predicted molar refractivity (Wildman–Crippen MR) is 88.6 cm³/mol. The Balaban J connectivity index is 1.89. The summed E-state index contributed by atoms with van der Waals surface area (Å²) in [4.78, 5) is 15.3. The van der Waals surface area contributed by atoms with E-state index in [9.17, 15) is 15.2 Å². The first-order valence-corrected chi connectivity index (χ1v) is 6.95. The molecule has 0 atom stereocenters. The molecule has 5 heteroatoms. The highest BCUT2D eigenvalue weighted by Gasteiger charge is 2.10. The number of anilines is 1. The van der Waals surface area contributed by atoms with E-state index in [0.29, 0.717) is 5.69 Å². The van der Waals surface area contributed by atoms with Crippen LogP contribution in [0, 0.1) is 11.3 Å². The van der Waals surface area contributed by atoms with E-state index in [1.165, 1.54) is 12.1 Å². The zero-order chi connectivity index (χ0) is 16.2. The lowest BCUT2D eigenvalue weighted by Crippen LogP contribution is -2.13. The molecule has 1 heterocycles. The minimum atomic E-state index is -0.495. The highest BCUT2D eigenvalue weighted by atomic mass is 16.3. The summed E-state index contributed by atoms with van der Waals surface area (Å²) in [5, 5.41) is 22.1. The lowest BCUT2D eigenvalue weighted by Gasteiger charge is -2.05. The first-order valence-electron chi connectivity index (χ1n) is 6.95. The molecule has 3 aromatic rings. The summed E-state index contributed by atoms with van der Waals surface area (Å²) >= 11 is 0. The SMILES string of the molecule is N#C/C(=C\c1cccc2[nH]ccc12)C(=O)Nc1ccc(O)cc1. The second kappa shape index (κ2) is 6.08. The molecule has 0 fully saturated rings. The van der Waals surface area contributed by atoms with Gasteiger partial charge < -0.3 is 15.4 Å². The van der Waals surface area contributed by atoms with Gasteiger partial charge in [-0.2, -0.15) is 5.26 Å². The van der Waals surface area contributed by atoms with Crippen LogP contribution in [0.5, 0.6) is 5.75 Å². The Hall–Kier alpha value is -3.52. The number of nitriles is 1. The van der Waals surface area contributed by atoms with Gasteiger partial charge in [0.05, 0.1) is 0 Å². The number of phenols is 1. The van der Waals surface area contributed by atoms with Crippen molar-refractivity contribution in [1.82, 2.24) is 4.98 Å². The summed E-state index contributed by atoms with van der Waals surface area (Å²) in [7, 11) is 0. The summed E-state index contributed by atoms with van der Waals surface area (Å²) in [5.74, 6) is -0.385. The van der Waals surface area contributed by atoms with Crippen molar-refractivity contribution in [3.63, 3.8) is 0 Å². The maximum atomic E-state index is 12.2. The summed E-state index contributed by atoms with van der Waals surface area (Å²) in [6, 6.07) is 15.5. The Kier molecular flexibility index (Phi) is 3.81. The molecule has 0 aliphatic rings. The number of nitrogens with zero attached hydrogens (tertiary/aromatic N) is 1. The Labute approximate surface area is 132 Å². The minimum Gasteiger partial charge on any atom is -0.508 e. The van der Waals surface area contributed by atoms with Gasteiger partial charge in [0.2, 0.25) is 0 Å². The van der Waals surface area contributed by atoms with Crippen molar-refractivity contribution >= 4 is 28.6 Å². The van der Waals surface area contributed by atoms with Crippen LogP contribution >= 0.6 is 0 Å². The number of hydrogen-bond donors (Lipinski definition) is 3. The molecule has 0 spiro atoms. The van der Waals surface area contributed by atoms with Gasteiger partial charge in [-0.3, -0.25) is 4.79 Å². The van der Waals surface area contributed by atoms with Gasteiger partial charge in [0.1, 0.15) is 17.4 Å². The van der Waals surface area contributed by atoms with Crippen molar-refractivity contribution in [2.75, 3.05) is 5.32 Å². The summed E-state index contributed by atoms with van der Waals surface area (Å²) in [6.45, 7) is 0. The van der Waals surface area contributed by atoms with Crippen LogP contribution in [0.25, 0.3) is 17.0 Å². The van der Waals surface area contributed by atoms with Crippen LogP contribution in [0.15, 0.2) is 60.3 Å². The lowest BCUT2D eigenvalue weighted by atomic mass is 10.1. The van der Waals surface area contributed by atoms with Gasteiger partial charge in [-0.15, -0.1) is 0 Å². The monoisotopic (exact) mass is 303 g/mol. The zero-order valence-corrected chi connectivity index (χ0v) is 12.1. The third-order valence-corrected chi connectivity index (χ3v) is 3.42. The molecule has 0 bridgehead atoms. The number of aromatic amines is 1. The second-order valence-corrected chi connectivity index (χ2v) is 4.96. The fraction of sp³-hybridized carbons (Fsp3) is 0. The number of aromatic hydroxyl groups is 1. The Morgan fingerprint density at radius 3 is 2.70 bits per heavy atom. The van der Waals surface area contributed by atoms with Crippen LogP contribution in [-0.4, -0.2) is 16.0 Å². The van der Waals surface area contributed by atoms with Crippen LogP contribution in [0.3, 0.4) is 0 Å². The van der Waals surface area contributed by atoms with Crippen molar-refractivity contribution in [3.8, 4) is 11.8 Å². The minimum absolute atomic E-state index is 0.00627. The fourth-order valence-electron chi connectivity index (χ4n) is 2.28. The van der Waals surface area contributed by atoms with Crippen LogP contribution in [-0.2, 0) is 4.79 Å². The molecular formula is C18H13N3O2. The van der Waals surface area contributed by atoms with Crippen molar-refractivity contribution in [1.29, 1.82) is 5.26 Å². The second-order valence-electron chi connectivity index (χ2n) is 4.96. The molecule has 0 saturated carbocycles. The average molecular weight is 303 g/mol. The number of carbonyl (C=O) groups is 1. The first kappa shape index (κ1) is 14.4. The van der Waals surface area contributed by atoms with Gasteiger partial charge in [-0.1, -0.05) is 12.1 Å². The number of benzene rings is 2. The van der Waals surface area contributed by atoms with Crippen molar-refractivity contribution in [2.24, 2.45) is 0 Å². The molecule has 3 rings (SSSR count). The van der Waals surface area contributed by atoms with Crippen LogP contribution < -0.4 is 5.32 Å². The number of carbonyl (C=O) groups excluding carboxylic acids is 1. The van der Waals surface area contributed by atoms with Gasteiger partial charge in [0.25, 0.3) is 5.91 Å². The predicted octanol–water partition coefficient (Wildman–Crippen LogP) is 3.42. The molecule has 0 radical (unpaired) electrons. The molecule has 0 aliphatic carbocycles. The molecule has 5 nitrogen and oxygen atoms in total. The molecule has 112 valence electrons. The van der Waals surface area contributed by atoms with E-state index in [4.69, 9.17) is 0 Å². The number of hydrogen-bond acceptors (Lipinski definition) is 3. The zero-order valence-electron chi connectivity index (χ0n) is 12.1. The third-order valence-electron chi connectivity index (χ3n) is 3.42. The number of aromatic nitrogens is 1. The number of nitrogens with one attached hydrogen (secondary N) is 2. The molecule has 23 heavy (non-hydrogen) atoms. The summed E-state index contributed by atoms with van der Waals surface area (Å²) < 4.78 is 0. The Morgan fingerprint density at radius 2 is 1.96 bits per heavy atom. The normalized spacial score (nSPS) is 11.2. The molecule has 3 N–H and O–H groups in total. The maximum absolute atomic E-state index is 12.2. The highest BCUT2D eigenvalue weighted by molar-refractivity contribution is 6.10. The van der Waals surface area contributed by atoms with Crippen LogP contribution in [0.4, 0.5) is 5.69 Å². The molecule has 1 aromatic heterocycles. The van der Waals surface area contributed by atoms with E-state index in [-0.39, 0.29) is 11.3 Å². The van der Waals surface area contributed by atoms with Crippen LogP contribution in [0.2, 0.25) is 0 Å².